The summed E-state index contributed by atoms with van der Waals surface area (Å²) < 4.78 is 30.7. The zero-order valence-electron chi connectivity index (χ0n) is 17.2. The Balaban J connectivity index is 2.00. The van der Waals surface area contributed by atoms with E-state index in [2.05, 4.69) is 10.6 Å². The van der Waals surface area contributed by atoms with E-state index < -0.39 is 53.7 Å². The third kappa shape index (κ3) is 6.88. The highest BCUT2D eigenvalue weighted by atomic mass is 35.5. The molecule has 9 unspecified atom stereocenters. The summed E-state index contributed by atoms with van der Waals surface area (Å²) in [6, 6.07) is -1.31. The molecule has 11 heteroatoms. The fourth-order valence-electron chi connectivity index (χ4n) is 4.07. The molecule has 5 N–H and O–H groups in total. The van der Waals surface area contributed by atoms with Crippen LogP contribution in [0.15, 0.2) is 0 Å². The van der Waals surface area contributed by atoms with Crippen molar-refractivity contribution in [2.45, 2.75) is 92.8 Å². The van der Waals surface area contributed by atoms with E-state index in [0.717, 1.165) is 6.42 Å². The van der Waals surface area contributed by atoms with Crippen molar-refractivity contribution in [2.75, 3.05) is 12.8 Å². The van der Waals surface area contributed by atoms with Crippen molar-refractivity contribution in [2.24, 2.45) is 5.92 Å². The lowest BCUT2D eigenvalue weighted by Crippen LogP contribution is -2.65. The number of aliphatic hydroxyl groups excluding tert-OH is 3. The number of nitrogens with one attached hydrogen (secondary N) is 2. The van der Waals surface area contributed by atoms with Gasteiger partial charge in [0.25, 0.3) is 0 Å². The number of carbonyl (C=O) groups excluding carboxylic acids is 1. The number of hydrogen-bond acceptors (Lipinski definition) is 7. The summed E-state index contributed by atoms with van der Waals surface area (Å²) in [7, 11) is 0. The monoisotopic (exact) mass is 474 g/mol. The Morgan fingerprint density at radius 3 is 2.53 bits per heavy atom. The molecule has 176 valence electrons. The van der Waals surface area contributed by atoms with Crippen molar-refractivity contribution in [3.63, 3.8) is 0 Å². The summed E-state index contributed by atoms with van der Waals surface area (Å²) in [5, 5.41) is 36.0. The Bertz CT molecular complexity index is 549. The standard InChI is InChI=1S/C19H33ClF2N2O5S/c1-9(20)13(17-15(26)14(25)16(27)19(29-17)30-2)24-18(28)11-5-3-10(7-8-23-11)4-6-12(21)22/h9-17,19,23,25-27H,3-8H2,1-2H3,(H,24,28). The van der Waals surface area contributed by atoms with Crippen LogP contribution in [0.4, 0.5) is 8.78 Å². The number of halogens is 3. The van der Waals surface area contributed by atoms with E-state index in [-0.39, 0.29) is 18.2 Å². The Hall–Kier alpha value is -0.230. The number of ether oxygens (including phenoxy) is 1. The Morgan fingerprint density at radius 2 is 1.93 bits per heavy atom. The van der Waals surface area contributed by atoms with E-state index >= 15 is 0 Å². The van der Waals surface area contributed by atoms with Gasteiger partial charge in [-0.15, -0.1) is 23.4 Å². The molecule has 0 aromatic heterocycles. The first-order valence-electron chi connectivity index (χ1n) is 10.3. The molecule has 2 aliphatic heterocycles. The zero-order valence-corrected chi connectivity index (χ0v) is 18.8. The summed E-state index contributed by atoms with van der Waals surface area (Å²) in [5.74, 6) is -0.173. The van der Waals surface area contributed by atoms with Crippen molar-refractivity contribution in [3.05, 3.63) is 0 Å². The molecule has 9 atom stereocenters. The van der Waals surface area contributed by atoms with E-state index in [1.165, 1.54) is 11.8 Å². The highest BCUT2D eigenvalue weighted by molar-refractivity contribution is 7.99. The minimum atomic E-state index is -2.31. The summed E-state index contributed by atoms with van der Waals surface area (Å²) in [6.07, 6.45) is -3.51. The number of hydrogen-bond donors (Lipinski definition) is 5. The first kappa shape index (κ1) is 26.0. The normalized spacial score (nSPS) is 37.4. The molecule has 2 heterocycles. The first-order chi connectivity index (χ1) is 14.1. The summed E-state index contributed by atoms with van der Waals surface area (Å²) >= 11 is 7.46. The second-order valence-corrected chi connectivity index (χ2v) is 9.72. The SMILES string of the molecule is CSC1OC(C(NC(=O)C2CCC(CCC(F)F)CCN2)C(C)Cl)C(O)C(O)C1O. The molecule has 0 aromatic rings. The first-order valence-corrected chi connectivity index (χ1v) is 12.1. The Labute approximate surface area is 185 Å². The lowest BCUT2D eigenvalue weighted by molar-refractivity contribution is -0.205. The molecule has 0 bridgehead atoms. The molecule has 2 aliphatic rings. The van der Waals surface area contributed by atoms with Crippen LogP contribution in [-0.4, -0.2) is 87.8 Å². The summed E-state index contributed by atoms with van der Waals surface area (Å²) in [6.45, 7) is 2.20. The van der Waals surface area contributed by atoms with Crippen LogP contribution in [0, 0.1) is 5.92 Å². The molecule has 2 saturated heterocycles. The number of rotatable bonds is 8. The minimum absolute atomic E-state index is 0.130. The molecular weight excluding hydrogens is 442 g/mol. The highest BCUT2D eigenvalue weighted by Gasteiger charge is 2.48. The van der Waals surface area contributed by atoms with Gasteiger partial charge in [-0.3, -0.25) is 4.79 Å². The van der Waals surface area contributed by atoms with Crippen molar-refractivity contribution in [3.8, 4) is 0 Å². The maximum atomic E-state index is 12.9. The van der Waals surface area contributed by atoms with Crippen LogP contribution < -0.4 is 10.6 Å². The van der Waals surface area contributed by atoms with Gasteiger partial charge in [-0.05, 0) is 51.3 Å². The molecule has 2 rings (SSSR count). The van der Waals surface area contributed by atoms with E-state index in [0.29, 0.717) is 25.8 Å². The van der Waals surface area contributed by atoms with E-state index in [1.807, 2.05) is 0 Å². The zero-order chi connectivity index (χ0) is 22.4. The average Bonchev–Trinajstić information content (AvgIpc) is 2.95. The van der Waals surface area contributed by atoms with E-state index in [1.54, 1.807) is 13.2 Å². The van der Waals surface area contributed by atoms with Crippen LogP contribution in [0.3, 0.4) is 0 Å². The van der Waals surface area contributed by atoms with Gasteiger partial charge in [0.2, 0.25) is 12.3 Å². The average molecular weight is 475 g/mol. The van der Waals surface area contributed by atoms with Crippen LogP contribution in [0.25, 0.3) is 0 Å². The molecule has 1 amide bonds. The maximum absolute atomic E-state index is 12.9. The van der Waals surface area contributed by atoms with Gasteiger partial charge >= 0.3 is 0 Å². The quantitative estimate of drug-likeness (QED) is 0.335. The molecule has 0 saturated carbocycles. The van der Waals surface area contributed by atoms with Gasteiger partial charge in [-0.1, -0.05) is 0 Å². The maximum Gasteiger partial charge on any atom is 0.238 e. The van der Waals surface area contributed by atoms with Gasteiger partial charge in [0.15, 0.2) is 0 Å². The molecular formula is C19H33ClF2N2O5S. The number of aliphatic hydroxyl groups is 3. The van der Waals surface area contributed by atoms with Gasteiger partial charge in [-0.25, -0.2) is 8.78 Å². The van der Waals surface area contributed by atoms with Gasteiger partial charge in [0.1, 0.15) is 29.9 Å². The molecule has 7 nitrogen and oxygen atoms in total. The number of amides is 1. The fourth-order valence-corrected chi connectivity index (χ4v) is 4.96. The second kappa shape index (κ2) is 12.1. The van der Waals surface area contributed by atoms with Crippen LogP contribution in [-0.2, 0) is 9.53 Å². The molecule has 0 aromatic carbocycles. The third-order valence-corrected chi connectivity index (χ3v) is 7.04. The molecule has 30 heavy (non-hydrogen) atoms. The van der Waals surface area contributed by atoms with Crippen molar-refractivity contribution >= 4 is 29.3 Å². The van der Waals surface area contributed by atoms with Crippen LogP contribution in [0.2, 0.25) is 0 Å². The summed E-state index contributed by atoms with van der Waals surface area (Å²) in [5.41, 5.74) is -0.769. The van der Waals surface area contributed by atoms with Crippen LogP contribution >= 0.6 is 23.4 Å². The molecule has 0 aliphatic carbocycles. The van der Waals surface area contributed by atoms with Crippen molar-refractivity contribution < 1.29 is 33.6 Å². The second-order valence-electron chi connectivity index (χ2n) is 8.10. The number of thioether (sulfide) groups is 1. The predicted molar refractivity (Wildman–Crippen MR) is 112 cm³/mol. The third-order valence-electron chi connectivity index (χ3n) is 5.91. The van der Waals surface area contributed by atoms with Gasteiger partial charge < -0.3 is 30.7 Å². The molecule has 2 fully saturated rings. The fraction of sp³-hybridized carbons (Fsp3) is 0.947. The van der Waals surface area contributed by atoms with Crippen LogP contribution in [0.5, 0.6) is 0 Å². The van der Waals surface area contributed by atoms with Crippen molar-refractivity contribution in [1.82, 2.24) is 10.6 Å². The molecule has 0 spiro atoms. The van der Waals surface area contributed by atoms with Crippen LogP contribution in [0.1, 0.15) is 39.0 Å². The largest absolute Gasteiger partial charge is 0.388 e. The summed E-state index contributed by atoms with van der Waals surface area (Å²) in [4.78, 5) is 12.9. The van der Waals surface area contributed by atoms with E-state index in [4.69, 9.17) is 16.3 Å². The van der Waals surface area contributed by atoms with E-state index in [9.17, 15) is 28.9 Å². The predicted octanol–water partition coefficient (Wildman–Crippen LogP) is 1.07. The van der Waals surface area contributed by atoms with Gasteiger partial charge in [0, 0.05) is 6.42 Å². The van der Waals surface area contributed by atoms with Crippen molar-refractivity contribution in [1.29, 1.82) is 0 Å². The minimum Gasteiger partial charge on any atom is -0.388 e. The lowest BCUT2D eigenvalue weighted by Gasteiger charge is -2.44. The topological polar surface area (TPSA) is 111 Å². The highest BCUT2D eigenvalue weighted by Crippen LogP contribution is 2.30. The number of alkyl halides is 3. The Kier molecular flexibility index (Phi) is 10.5. The van der Waals surface area contributed by atoms with Gasteiger partial charge in [0.05, 0.1) is 17.5 Å². The smallest absolute Gasteiger partial charge is 0.238 e. The Morgan fingerprint density at radius 1 is 1.23 bits per heavy atom. The number of carbonyl (C=O) groups is 1. The molecule has 0 radical (unpaired) electrons. The van der Waals surface area contributed by atoms with Gasteiger partial charge in [-0.2, -0.15) is 0 Å². The lowest BCUT2D eigenvalue weighted by atomic mass is 9.92.